The van der Waals surface area contributed by atoms with Crippen LogP contribution in [0.2, 0.25) is 0 Å². The Bertz CT molecular complexity index is 578. The number of rotatable bonds is 6. The summed E-state index contributed by atoms with van der Waals surface area (Å²) >= 11 is 0. The number of benzene rings is 1. The molecular formula is C22H35N3O. The number of nitrogens with zero attached hydrogens (tertiary/aromatic N) is 1. The van der Waals surface area contributed by atoms with Crippen molar-refractivity contribution in [1.82, 2.24) is 10.2 Å². The first kappa shape index (κ1) is 19.2. The zero-order valence-corrected chi connectivity index (χ0v) is 16.5. The fourth-order valence-electron chi connectivity index (χ4n) is 4.46. The van der Waals surface area contributed by atoms with Gasteiger partial charge < -0.3 is 15.5 Å². The second-order valence-electron chi connectivity index (χ2n) is 8.44. The summed E-state index contributed by atoms with van der Waals surface area (Å²) in [5.74, 6) is 0.968. The summed E-state index contributed by atoms with van der Waals surface area (Å²) in [6.07, 6.45) is 7.95. The number of piperidine rings is 1. The second kappa shape index (κ2) is 8.90. The molecule has 1 aliphatic heterocycles. The Labute approximate surface area is 158 Å². The molecule has 0 aromatic heterocycles. The van der Waals surface area contributed by atoms with Gasteiger partial charge in [0.25, 0.3) is 0 Å². The van der Waals surface area contributed by atoms with Gasteiger partial charge in [0.1, 0.15) is 5.54 Å². The molecule has 26 heavy (non-hydrogen) atoms. The van der Waals surface area contributed by atoms with Crippen molar-refractivity contribution in [1.29, 1.82) is 0 Å². The van der Waals surface area contributed by atoms with Gasteiger partial charge in [-0.3, -0.25) is 4.79 Å². The molecule has 1 atom stereocenters. The highest BCUT2D eigenvalue weighted by molar-refractivity contribution is 5.89. The van der Waals surface area contributed by atoms with Crippen molar-refractivity contribution in [3.05, 3.63) is 29.8 Å². The van der Waals surface area contributed by atoms with Crippen LogP contribution < -0.4 is 10.6 Å². The van der Waals surface area contributed by atoms with Gasteiger partial charge in [-0.25, -0.2) is 0 Å². The minimum atomic E-state index is -0.442. The van der Waals surface area contributed by atoms with Crippen LogP contribution in [-0.4, -0.2) is 42.5 Å². The molecule has 144 valence electrons. The normalized spacial score (nSPS) is 23.4. The van der Waals surface area contributed by atoms with Gasteiger partial charge in [-0.05, 0) is 57.2 Å². The molecule has 1 amide bonds. The summed E-state index contributed by atoms with van der Waals surface area (Å²) in [7, 11) is 0. The molecule has 0 radical (unpaired) electrons. The lowest BCUT2D eigenvalue weighted by molar-refractivity contribution is -0.126. The molecule has 0 bridgehead atoms. The minimum Gasteiger partial charge on any atom is -0.371 e. The number of carbonyl (C=O) groups is 1. The molecule has 0 spiro atoms. The van der Waals surface area contributed by atoms with E-state index >= 15 is 0 Å². The molecule has 2 N–H and O–H groups in total. The number of hydrogen-bond acceptors (Lipinski definition) is 3. The van der Waals surface area contributed by atoms with E-state index in [-0.39, 0.29) is 5.91 Å². The Balaban J connectivity index is 1.57. The zero-order chi connectivity index (χ0) is 18.4. The van der Waals surface area contributed by atoms with Gasteiger partial charge in [-0.15, -0.1) is 0 Å². The first-order valence-electron chi connectivity index (χ1n) is 10.4. The molecule has 1 aliphatic carbocycles. The molecule has 1 unspecified atom stereocenters. The molecule has 1 saturated carbocycles. The van der Waals surface area contributed by atoms with Crippen LogP contribution in [0.1, 0.15) is 57.4 Å². The first-order chi connectivity index (χ1) is 12.6. The summed E-state index contributed by atoms with van der Waals surface area (Å²) in [4.78, 5) is 15.6. The third-order valence-corrected chi connectivity index (χ3v) is 6.03. The van der Waals surface area contributed by atoms with Crippen LogP contribution in [0, 0.1) is 12.8 Å². The van der Waals surface area contributed by atoms with E-state index in [9.17, 15) is 4.79 Å². The van der Waals surface area contributed by atoms with Crippen molar-refractivity contribution in [2.24, 2.45) is 5.92 Å². The maximum Gasteiger partial charge on any atom is 0.245 e. The number of hydrogen-bond donors (Lipinski definition) is 2. The predicted molar refractivity (Wildman–Crippen MR) is 108 cm³/mol. The number of likely N-dealkylation sites (tertiary alicyclic amines) is 1. The predicted octanol–water partition coefficient (Wildman–Crippen LogP) is 3.96. The topological polar surface area (TPSA) is 44.4 Å². The Hall–Kier alpha value is -1.55. The first-order valence-corrected chi connectivity index (χ1v) is 10.4. The van der Waals surface area contributed by atoms with Crippen LogP contribution in [0.15, 0.2) is 24.3 Å². The van der Waals surface area contributed by atoms with E-state index < -0.39 is 5.54 Å². The van der Waals surface area contributed by atoms with Gasteiger partial charge in [0.15, 0.2) is 0 Å². The number of amides is 1. The Morgan fingerprint density at radius 2 is 1.88 bits per heavy atom. The quantitative estimate of drug-likeness (QED) is 0.810. The van der Waals surface area contributed by atoms with E-state index in [4.69, 9.17) is 0 Å². The van der Waals surface area contributed by atoms with Crippen molar-refractivity contribution in [3.8, 4) is 0 Å². The highest BCUT2D eigenvalue weighted by Gasteiger charge is 2.39. The van der Waals surface area contributed by atoms with Crippen molar-refractivity contribution < 1.29 is 4.79 Å². The molecule has 2 aliphatic rings. The fourth-order valence-corrected chi connectivity index (χ4v) is 4.46. The highest BCUT2D eigenvalue weighted by Crippen LogP contribution is 2.32. The van der Waals surface area contributed by atoms with Gasteiger partial charge in [-0.2, -0.15) is 0 Å². The molecular weight excluding hydrogens is 322 g/mol. The number of aryl methyl sites for hydroxylation is 1. The fraction of sp³-hybridized carbons (Fsp3) is 0.682. The molecule has 1 saturated heterocycles. The van der Waals surface area contributed by atoms with E-state index in [1.54, 1.807) is 0 Å². The minimum absolute atomic E-state index is 0.183. The average Bonchev–Trinajstić information content (AvgIpc) is 2.64. The summed E-state index contributed by atoms with van der Waals surface area (Å²) in [6.45, 7) is 8.48. The van der Waals surface area contributed by atoms with Crippen LogP contribution in [0.5, 0.6) is 0 Å². The van der Waals surface area contributed by atoms with Gasteiger partial charge >= 0.3 is 0 Å². The Kier molecular flexibility index (Phi) is 6.58. The molecule has 2 fully saturated rings. The molecule has 3 rings (SSSR count). The maximum absolute atomic E-state index is 13.1. The Morgan fingerprint density at radius 1 is 1.15 bits per heavy atom. The van der Waals surface area contributed by atoms with Crippen molar-refractivity contribution >= 4 is 11.6 Å². The zero-order valence-electron chi connectivity index (χ0n) is 16.5. The van der Waals surface area contributed by atoms with E-state index in [0.717, 1.165) is 50.4 Å². The molecule has 4 nitrogen and oxygen atoms in total. The van der Waals surface area contributed by atoms with Gasteiger partial charge in [0.2, 0.25) is 5.91 Å². The van der Waals surface area contributed by atoms with E-state index in [1.165, 1.54) is 37.9 Å². The lowest BCUT2D eigenvalue weighted by Crippen LogP contribution is -2.54. The summed E-state index contributed by atoms with van der Waals surface area (Å²) in [5, 5.41) is 6.84. The molecule has 1 aromatic carbocycles. The summed E-state index contributed by atoms with van der Waals surface area (Å²) in [6, 6.07) is 8.39. The summed E-state index contributed by atoms with van der Waals surface area (Å²) < 4.78 is 0. The third-order valence-electron chi connectivity index (χ3n) is 6.03. The number of nitrogens with one attached hydrogen (secondary N) is 2. The van der Waals surface area contributed by atoms with Crippen LogP contribution in [0.4, 0.5) is 5.69 Å². The van der Waals surface area contributed by atoms with E-state index in [1.807, 2.05) is 0 Å². The van der Waals surface area contributed by atoms with Crippen molar-refractivity contribution in [2.75, 3.05) is 31.5 Å². The average molecular weight is 358 g/mol. The highest BCUT2D eigenvalue weighted by atomic mass is 16.2. The third kappa shape index (κ3) is 5.00. The van der Waals surface area contributed by atoms with E-state index in [2.05, 4.69) is 53.6 Å². The summed E-state index contributed by atoms with van der Waals surface area (Å²) in [5.41, 5.74) is 1.86. The van der Waals surface area contributed by atoms with Gasteiger partial charge in [0.05, 0.1) is 0 Å². The number of carbonyl (C=O) groups excluding carboxylic acids is 1. The standard InChI is InChI=1S/C22H35N3O/c1-18-8-10-20(11-9-18)24-22(12-4-3-5-13-22)21(26)23-14-16-25-15-6-7-19(2)17-25/h8-11,19,24H,3-7,12-17H2,1-2H3,(H,23,26). The largest absolute Gasteiger partial charge is 0.371 e. The smallest absolute Gasteiger partial charge is 0.245 e. The lowest BCUT2D eigenvalue weighted by atomic mass is 9.80. The molecule has 4 heteroatoms. The van der Waals surface area contributed by atoms with Crippen LogP contribution in [0.3, 0.4) is 0 Å². The lowest BCUT2D eigenvalue weighted by Gasteiger charge is -2.38. The molecule has 1 heterocycles. The monoisotopic (exact) mass is 357 g/mol. The van der Waals surface area contributed by atoms with Gasteiger partial charge in [-0.1, -0.05) is 43.9 Å². The number of anilines is 1. The Morgan fingerprint density at radius 3 is 2.58 bits per heavy atom. The van der Waals surface area contributed by atoms with Crippen molar-refractivity contribution in [2.45, 2.75) is 64.3 Å². The van der Waals surface area contributed by atoms with Crippen LogP contribution >= 0.6 is 0 Å². The SMILES string of the molecule is Cc1ccc(NC2(C(=O)NCCN3CCCC(C)C3)CCCCC2)cc1. The molecule has 1 aromatic rings. The van der Waals surface area contributed by atoms with Gasteiger partial charge in [0, 0.05) is 25.3 Å². The van der Waals surface area contributed by atoms with Crippen LogP contribution in [0.25, 0.3) is 0 Å². The van der Waals surface area contributed by atoms with Crippen molar-refractivity contribution in [3.63, 3.8) is 0 Å². The van der Waals surface area contributed by atoms with Crippen LogP contribution in [-0.2, 0) is 4.79 Å². The maximum atomic E-state index is 13.1. The second-order valence-corrected chi connectivity index (χ2v) is 8.44. The van der Waals surface area contributed by atoms with E-state index in [0.29, 0.717) is 0 Å².